The van der Waals surface area contributed by atoms with Gasteiger partial charge in [-0.3, -0.25) is 9.59 Å². The van der Waals surface area contributed by atoms with E-state index in [1.807, 2.05) is 54.6 Å². The molecular formula is C26H20BrNO5. The minimum absolute atomic E-state index is 0.0509. The van der Waals surface area contributed by atoms with E-state index in [0.29, 0.717) is 30.3 Å². The van der Waals surface area contributed by atoms with Crippen LogP contribution in [0.5, 0.6) is 11.5 Å². The number of rotatable bonds is 4. The fourth-order valence-electron chi connectivity index (χ4n) is 4.16. The van der Waals surface area contributed by atoms with Crippen molar-refractivity contribution in [1.29, 1.82) is 0 Å². The second-order valence-electron chi connectivity index (χ2n) is 7.82. The molecule has 33 heavy (non-hydrogen) atoms. The molecule has 3 aromatic carbocycles. The number of Topliss-reactive ketones (excluding diaryl/α,β-unsaturated/α-hetero) is 1. The molecule has 2 aliphatic rings. The summed E-state index contributed by atoms with van der Waals surface area (Å²) in [4.78, 5) is 27.8. The smallest absolute Gasteiger partial charge is 0.295 e. The summed E-state index contributed by atoms with van der Waals surface area (Å²) in [5.41, 5.74) is 2.06. The van der Waals surface area contributed by atoms with Crippen LogP contribution in [0.15, 0.2) is 82.8 Å². The molecule has 6 nitrogen and oxygen atoms in total. The zero-order valence-corrected chi connectivity index (χ0v) is 19.1. The quantitative estimate of drug-likeness (QED) is 0.311. The number of aliphatic hydroxyl groups is 1. The van der Waals surface area contributed by atoms with Crippen LogP contribution in [-0.2, 0) is 16.1 Å². The molecule has 7 heteroatoms. The van der Waals surface area contributed by atoms with Crippen molar-refractivity contribution in [1.82, 2.24) is 4.90 Å². The van der Waals surface area contributed by atoms with E-state index in [4.69, 9.17) is 9.47 Å². The maximum atomic E-state index is 13.2. The highest BCUT2D eigenvalue weighted by atomic mass is 79.9. The first-order valence-electron chi connectivity index (χ1n) is 10.5. The molecule has 1 amide bonds. The predicted molar refractivity (Wildman–Crippen MR) is 126 cm³/mol. The van der Waals surface area contributed by atoms with E-state index < -0.39 is 17.7 Å². The summed E-state index contributed by atoms with van der Waals surface area (Å²) >= 11 is 3.43. The van der Waals surface area contributed by atoms with E-state index in [9.17, 15) is 14.7 Å². The number of ether oxygens (including phenoxy) is 2. The molecule has 1 N–H and O–H groups in total. The van der Waals surface area contributed by atoms with E-state index in [2.05, 4.69) is 15.9 Å². The highest BCUT2D eigenvalue weighted by Gasteiger charge is 2.46. The number of aliphatic hydroxyl groups excluding tert-OH is 1. The lowest BCUT2D eigenvalue weighted by Crippen LogP contribution is -2.29. The first kappa shape index (κ1) is 21.3. The molecule has 0 aliphatic carbocycles. The summed E-state index contributed by atoms with van der Waals surface area (Å²) in [5, 5.41) is 11.3. The largest absolute Gasteiger partial charge is 0.507 e. The van der Waals surface area contributed by atoms with Crippen molar-refractivity contribution in [3.8, 4) is 11.5 Å². The number of carbonyl (C=O) groups excluding carboxylic acids is 2. The molecule has 1 saturated heterocycles. The molecule has 1 atom stereocenters. The van der Waals surface area contributed by atoms with Gasteiger partial charge < -0.3 is 19.5 Å². The van der Waals surface area contributed by atoms with Gasteiger partial charge in [-0.2, -0.15) is 0 Å². The molecule has 0 unspecified atom stereocenters. The number of halogens is 1. The van der Waals surface area contributed by atoms with Gasteiger partial charge in [0.25, 0.3) is 11.7 Å². The first-order chi connectivity index (χ1) is 16.0. The summed E-state index contributed by atoms with van der Waals surface area (Å²) in [5.74, 6) is -0.540. The van der Waals surface area contributed by atoms with Crippen LogP contribution >= 0.6 is 15.9 Å². The average molecular weight is 506 g/mol. The lowest BCUT2D eigenvalue weighted by molar-refractivity contribution is -0.140. The predicted octanol–water partition coefficient (Wildman–Crippen LogP) is 4.84. The molecule has 166 valence electrons. The van der Waals surface area contributed by atoms with Crippen molar-refractivity contribution in [2.75, 3.05) is 13.2 Å². The Balaban J connectivity index is 1.63. The lowest BCUT2D eigenvalue weighted by atomic mass is 9.95. The van der Waals surface area contributed by atoms with Gasteiger partial charge in [-0.15, -0.1) is 0 Å². The van der Waals surface area contributed by atoms with E-state index in [1.54, 1.807) is 18.2 Å². The fourth-order valence-corrected chi connectivity index (χ4v) is 4.43. The molecule has 2 heterocycles. The molecule has 0 radical (unpaired) electrons. The zero-order valence-electron chi connectivity index (χ0n) is 17.5. The van der Waals surface area contributed by atoms with Gasteiger partial charge in [0, 0.05) is 16.6 Å². The van der Waals surface area contributed by atoms with Crippen LogP contribution in [0.2, 0.25) is 0 Å². The van der Waals surface area contributed by atoms with Gasteiger partial charge in [-0.25, -0.2) is 0 Å². The van der Waals surface area contributed by atoms with E-state index >= 15 is 0 Å². The standard InChI is InChI=1S/C26H20BrNO5/c27-19-9-6-17(7-10-19)23-22(24(29)18-8-11-20-21(14-18)33-13-12-32-20)25(30)26(31)28(23)15-16-4-2-1-3-5-16/h1-11,14,23,29H,12-13,15H2/t23-/m0/s1. The highest BCUT2D eigenvalue weighted by molar-refractivity contribution is 9.10. The second kappa shape index (κ2) is 8.75. The Bertz CT molecular complexity index is 1250. The molecule has 0 bridgehead atoms. The average Bonchev–Trinajstić information content (AvgIpc) is 3.09. The maximum Gasteiger partial charge on any atom is 0.295 e. The number of amides is 1. The normalized spacial score (nSPS) is 19.1. The van der Waals surface area contributed by atoms with Crippen LogP contribution in [-0.4, -0.2) is 34.9 Å². The van der Waals surface area contributed by atoms with Gasteiger partial charge in [0.2, 0.25) is 0 Å². The Morgan fingerprint density at radius 3 is 2.36 bits per heavy atom. The Morgan fingerprint density at radius 1 is 0.939 bits per heavy atom. The summed E-state index contributed by atoms with van der Waals surface area (Å²) in [6.45, 7) is 1.09. The Morgan fingerprint density at radius 2 is 1.64 bits per heavy atom. The number of carbonyl (C=O) groups is 2. The zero-order chi connectivity index (χ0) is 22.9. The summed E-state index contributed by atoms with van der Waals surface area (Å²) in [7, 11) is 0. The van der Waals surface area contributed by atoms with Crippen molar-refractivity contribution in [2.45, 2.75) is 12.6 Å². The van der Waals surface area contributed by atoms with Gasteiger partial charge in [-0.05, 0) is 41.5 Å². The van der Waals surface area contributed by atoms with Crippen molar-refractivity contribution >= 4 is 33.4 Å². The Kier molecular flexibility index (Phi) is 5.64. The topological polar surface area (TPSA) is 76.1 Å². The third-order valence-corrected chi connectivity index (χ3v) is 6.27. The van der Waals surface area contributed by atoms with Gasteiger partial charge in [0.15, 0.2) is 11.5 Å². The third-order valence-electron chi connectivity index (χ3n) is 5.74. The SMILES string of the molecule is O=C1C(=O)N(Cc2ccccc2)[C@@H](c2ccc(Br)cc2)C1=C(O)c1ccc2c(c1)OCCO2. The van der Waals surface area contributed by atoms with E-state index in [0.717, 1.165) is 15.6 Å². The number of ketones is 1. The van der Waals surface area contributed by atoms with Crippen molar-refractivity contribution in [3.63, 3.8) is 0 Å². The number of hydrogen-bond donors (Lipinski definition) is 1. The minimum atomic E-state index is -0.730. The molecule has 5 rings (SSSR count). The fraction of sp³-hybridized carbons (Fsp3) is 0.154. The number of benzene rings is 3. The number of fused-ring (bicyclic) bond motifs is 1. The van der Waals surface area contributed by atoms with Crippen LogP contribution in [0, 0.1) is 0 Å². The first-order valence-corrected chi connectivity index (χ1v) is 11.3. The monoisotopic (exact) mass is 505 g/mol. The minimum Gasteiger partial charge on any atom is -0.507 e. The van der Waals surface area contributed by atoms with Crippen LogP contribution in [0.1, 0.15) is 22.7 Å². The Labute approximate surface area is 199 Å². The molecule has 3 aromatic rings. The molecule has 0 saturated carbocycles. The lowest BCUT2D eigenvalue weighted by Gasteiger charge is -2.25. The van der Waals surface area contributed by atoms with Gasteiger partial charge in [0.05, 0.1) is 11.6 Å². The number of nitrogens with zero attached hydrogens (tertiary/aromatic N) is 1. The summed E-state index contributed by atoms with van der Waals surface area (Å²) in [6.07, 6.45) is 0. The number of hydrogen-bond acceptors (Lipinski definition) is 5. The van der Waals surface area contributed by atoms with Gasteiger partial charge in [-0.1, -0.05) is 58.4 Å². The molecular weight excluding hydrogens is 486 g/mol. The van der Waals surface area contributed by atoms with Crippen LogP contribution in [0.4, 0.5) is 0 Å². The highest BCUT2D eigenvalue weighted by Crippen LogP contribution is 2.42. The van der Waals surface area contributed by atoms with Gasteiger partial charge >= 0.3 is 0 Å². The van der Waals surface area contributed by atoms with Gasteiger partial charge in [0.1, 0.15) is 19.0 Å². The molecule has 0 spiro atoms. The van der Waals surface area contributed by atoms with E-state index in [-0.39, 0.29) is 17.9 Å². The van der Waals surface area contributed by atoms with Crippen molar-refractivity contribution in [3.05, 3.63) is 99.5 Å². The number of likely N-dealkylation sites (tertiary alicyclic amines) is 1. The molecule has 1 fully saturated rings. The van der Waals surface area contributed by atoms with Crippen molar-refractivity contribution < 1.29 is 24.2 Å². The second-order valence-corrected chi connectivity index (χ2v) is 8.74. The Hall–Kier alpha value is -3.58. The third kappa shape index (κ3) is 4.00. The van der Waals surface area contributed by atoms with Crippen LogP contribution in [0.3, 0.4) is 0 Å². The van der Waals surface area contributed by atoms with Crippen LogP contribution in [0.25, 0.3) is 5.76 Å². The molecule has 0 aromatic heterocycles. The maximum absolute atomic E-state index is 13.2. The van der Waals surface area contributed by atoms with Crippen LogP contribution < -0.4 is 9.47 Å². The summed E-state index contributed by atoms with van der Waals surface area (Å²) < 4.78 is 12.0. The van der Waals surface area contributed by atoms with Crippen molar-refractivity contribution in [2.24, 2.45) is 0 Å². The van der Waals surface area contributed by atoms with E-state index in [1.165, 1.54) is 4.90 Å². The molecule has 2 aliphatic heterocycles. The summed E-state index contributed by atoms with van der Waals surface area (Å²) in [6, 6.07) is 21.1.